The van der Waals surface area contributed by atoms with E-state index in [9.17, 15) is 13.4 Å². The zero-order chi connectivity index (χ0) is 21.8. The maximum absolute atomic E-state index is 14.8. The molecule has 0 fully saturated rings. The fraction of sp³-hybridized carbons (Fsp3) is 0.500. The van der Waals surface area contributed by atoms with E-state index in [0.29, 0.717) is 55.6 Å². The van der Waals surface area contributed by atoms with Crippen LogP contribution < -0.4 is 20.5 Å². The van der Waals surface area contributed by atoms with Crippen LogP contribution in [0.15, 0.2) is 15.5 Å². The number of halogens is 1. The van der Waals surface area contributed by atoms with E-state index in [-0.39, 0.29) is 22.6 Å². The molecule has 31 heavy (non-hydrogen) atoms. The Morgan fingerprint density at radius 3 is 2.55 bits per heavy atom. The van der Waals surface area contributed by atoms with Crippen LogP contribution in [-0.2, 0) is 42.1 Å². The summed E-state index contributed by atoms with van der Waals surface area (Å²) in [6.45, 7) is 0.895. The molecule has 2 atom stereocenters. The first-order valence-corrected chi connectivity index (χ1v) is 12.0. The van der Waals surface area contributed by atoms with Gasteiger partial charge in [0.1, 0.15) is 17.3 Å². The van der Waals surface area contributed by atoms with Crippen molar-refractivity contribution in [1.82, 2.24) is 15.1 Å². The van der Waals surface area contributed by atoms with E-state index in [1.54, 1.807) is 4.68 Å². The number of rotatable bonds is 3. The normalized spacial score (nSPS) is 20.9. The number of nitrogens with two attached hydrogens (primary N) is 1. The minimum absolute atomic E-state index is 0.0666. The van der Waals surface area contributed by atoms with E-state index in [4.69, 9.17) is 9.88 Å². The molecular formula is C20H25FN6O3S. The molecule has 0 saturated carbocycles. The predicted molar refractivity (Wildman–Crippen MR) is 113 cm³/mol. The number of hydrogen-bond donors (Lipinski definition) is 3. The van der Waals surface area contributed by atoms with Crippen molar-refractivity contribution in [3.05, 3.63) is 34.3 Å². The summed E-state index contributed by atoms with van der Waals surface area (Å²) in [5.74, 6) is 0.139. The Kier molecular flexibility index (Phi) is 4.98. The first kappa shape index (κ1) is 20.4. The topological polar surface area (TPSA) is 124 Å². The maximum Gasteiger partial charge on any atom is 0.354 e. The molecule has 1 aromatic carbocycles. The van der Waals surface area contributed by atoms with Crippen molar-refractivity contribution in [3.63, 3.8) is 0 Å². The van der Waals surface area contributed by atoms with Crippen LogP contribution >= 0.6 is 0 Å². The minimum atomic E-state index is -3.58. The maximum atomic E-state index is 14.8. The number of anilines is 1. The van der Waals surface area contributed by atoms with Crippen molar-refractivity contribution >= 4 is 21.6 Å². The van der Waals surface area contributed by atoms with Crippen LogP contribution in [0.2, 0.25) is 0 Å². The molecule has 2 aromatic rings. The van der Waals surface area contributed by atoms with E-state index in [1.165, 1.54) is 6.20 Å². The molecule has 1 aliphatic heterocycles. The standard InChI is InChI=1S/C20H25FN6O3S/c1-23-11-9-27-19(30-10-11)16(8-24-27)31(22,29)26-20(28)25-18-14-6-2-4-12(14)17(21)13-5-3-7-15(13)18/h8,11,23H,2-7,9-10H2,1H3,(H3,22,25,26,28,29)/t11-,31?/m1/s1. The first-order valence-electron chi connectivity index (χ1n) is 10.5. The predicted octanol–water partition coefficient (Wildman–Crippen LogP) is 1.91. The van der Waals surface area contributed by atoms with Crippen molar-refractivity contribution in [1.29, 1.82) is 0 Å². The van der Waals surface area contributed by atoms with E-state index in [1.807, 2.05) is 7.05 Å². The molecule has 4 N–H and O–H groups in total. The van der Waals surface area contributed by atoms with Crippen molar-refractivity contribution in [2.75, 3.05) is 19.0 Å². The second-order valence-corrected chi connectivity index (χ2v) is 9.95. The van der Waals surface area contributed by atoms with Gasteiger partial charge in [-0.15, -0.1) is 4.36 Å². The smallest absolute Gasteiger partial charge is 0.354 e. The van der Waals surface area contributed by atoms with Gasteiger partial charge in [-0.25, -0.2) is 23.2 Å². The number of urea groups is 1. The second kappa shape index (κ2) is 7.57. The fourth-order valence-electron chi connectivity index (χ4n) is 4.79. The molecule has 3 aliphatic rings. The van der Waals surface area contributed by atoms with Gasteiger partial charge >= 0.3 is 6.03 Å². The lowest BCUT2D eigenvalue weighted by Gasteiger charge is -2.24. The number of nitrogens with zero attached hydrogens (tertiary/aromatic N) is 3. The number of carbonyl (C=O) groups is 1. The van der Waals surface area contributed by atoms with Gasteiger partial charge < -0.3 is 15.4 Å². The number of carbonyl (C=O) groups excluding carboxylic acids is 1. The molecule has 2 aliphatic carbocycles. The van der Waals surface area contributed by atoms with Gasteiger partial charge in [0.05, 0.1) is 18.8 Å². The molecule has 2 heterocycles. The number of fused-ring (bicyclic) bond motifs is 3. The Bertz CT molecular complexity index is 1170. The number of ether oxygens (including phenoxy) is 1. The second-order valence-electron chi connectivity index (χ2n) is 8.19. The number of likely N-dealkylation sites (N-methyl/N-ethyl adjacent to an activating group) is 1. The quantitative estimate of drug-likeness (QED) is 0.662. The van der Waals surface area contributed by atoms with Gasteiger partial charge in [-0.1, -0.05) is 0 Å². The van der Waals surface area contributed by atoms with E-state index in [0.717, 1.165) is 24.0 Å². The van der Waals surface area contributed by atoms with Gasteiger partial charge in [-0.05, 0) is 67.8 Å². The summed E-state index contributed by atoms with van der Waals surface area (Å²) >= 11 is 0. The lowest BCUT2D eigenvalue weighted by atomic mass is 9.98. The summed E-state index contributed by atoms with van der Waals surface area (Å²) in [5.41, 5.74) is 3.64. The summed E-state index contributed by atoms with van der Waals surface area (Å²) in [4.78, 5) is 12.9. The number of aromatic nitrogens is 2. The zero-order valence-electron chi connectivity index (χ0n) is 17.2. The number of benzene rings is 1. The van der Waals surface area contributed by atoms with Gasteiger partial charge in [0.25, 0.3) is 0 Å². The average molecular weight is 449 g/mol. The molecule has 0 radical (unpaired) electrons. The molecule has 0 saturated heterocycles. The van der Waals surface area contributed by atoms with Crippen LogP contribution in [0.3, 0.4) is 0 Å². The van der Waals surface area contributed by atoms with Crippen LogP contribution in [0.25, 0.3) is 0 Å². The van der Waals surface area contributed by atoms with E-state index < -0.39 is 15.9 Å². The monoisotopic (exact) mass is 448 g/mol. The Hall–Kier alpha value is -2.50. The molecule has 9 nitrogen and oxygen atoms in total. The Morgan fingerprint density at radius 2 is 1.90 bits per heavy atom. The number of nitrogens with one attached hydrogen (secondary N) is 2. The average Bonchev–Trinajstić information content (AvgIpc) is 3.49. The van der Waals surface area contributed by atoms with E-state index >= 15 is 0 Å². The van der Waals surface area contributed by atoms with Crippen LogP contribution in [0.5, 0.6) is 5.88 Å². The highest BCUT2D eigenvalue weighted by Gasteiger charge is 2.31. The van der Waals surface area contributed by atoms with Crippen molar-refractivity contribution < 1.29 is 18.1 Å². The highest BCUT2D eigenvalue weighted by Crippen LogP contribution is 2.41. The summed E-state index contributed by atoms with van der Waals surface area (Å²) in [6.07, 6.45) is 5.74. The van der Waals surface area contributed by atoms with Crippen LogP contribution in [0, 0.1) is 5.82 Å². The molecule has 1 aromatic heterocycles. The zero-order valence-corrected chi connectivity index (χ0v) is 18.1. The molecule has 1 unspecified atom stereocenters. The molecule has 11 heteroatoms. The molecule has 0 spiro atoms. The highest BCUT2D eigenvalue weighted by molar-refractivity contribution is 7.91. The van der Waals surface area contributed by atoms with E-state index in [2.05, 4.69) is 20.1 Å². The van der Waals surface area contributed by atoms with Gasteiger partial charge in [-0.2, -0.15) is 5.10 Å². The van der Waals surface area contributed by atoms with Gasteiger partial charge in [-0.3, -0.25) is 0 Å². The Morgan fingerprint density at radius 1 is 1.26 bits per heavy atom. The van der Waals surface area contributed by atoms with Gasteiger partial charge in [0, 0.05) is 5.69 Å². The third-order valence-electron chi connectivity index (χ3n) is 6.32. The lowest BCUT2D eigenvalue weighted by molar-refractivity contribution is 0.184. The summed E-state index contributed by atoms with van der Waals surface area (Å²) < 4.78 is 39.0. The van der Waals surface area contributed by atoms with Gasteiger partial charge in [0.15, 0.2) is 9.92 Å². The largest absolute Gasteiger partial charge is 0.475 e. The van der Waals surface area contributed by atoms with Crippen LogP contribution in [0.4, 0.5) is 14.9 Å². The fourth-order valence-corrected chi connectivity index (χ4v) is 5.79. The summed E-state index contributed by atoms with van der Waals surface area (Å²) in [5, 5.41) is 16.0. The number of hydrogen-bond acceptors (Lipinski definition) is 5. The van der Waals surface area contributed by atoms with Crippen molar-refractivity contribution in [2.45, 2.75) is 56.0 Å². The van der Waals surface area contributed by atoms with Gasteiger partial charge in [0.2, 0.25) is 5.88 Å². The molecule has 2 amide bonds. The van der Waals surface area contributed by atoms with Crippen molar-refractivity contribution in [2.24, 2.45) is 9.50 Å². The molecule has 0 bridgehead atoms. The Labute approximate surface area is 179 Å². The SMILES string of the molecule is CN[C@H]1COc2c(S(N)(=O)=NC(=O)Nc3c4c(c(F)c5c3CCC5)CCC4)cnn2C1. The minimum Gasteiger partial charge on any atom is -0.475 e. The lowest BCUT2D eigenvalue weighted by Crippen LogP contribution is -2.40. The third-order valence-corrected chi connectivity index (χ3v) is 7.66. The van der Waals surface area contributed by atoms with Crippen LogP contribution in [0.1, 0.15) is 35.1 Å². The number of amides is 2. The summed E-state index contributed by atoms with van der Waals surface area (Å²) in [6, 6.07) is -0.747. The molecular weight excluding hydrogens is 423 g/mol. The molecule has 5 rings (SSSR count). The highest BCUT2D eigenvalue weighted by atomic mass is 32.2. The summed E-state index contributed by atoms with van der Waals surface area (Å²) in [7, 11) is -1.76. The third kappa shape index (κ3) is 3.40. The van der Waals surface area contributed by atoms with Crippen molar-refractivity contribution in [3.8, 4) is 5.88 Å². The molecule has 166 valence electrons. The van der Waals surface area contributed by atoms with Crippen LogP contribution in [-0.4, -0.2) is 39.7 Å². The Balaban J connectivity index is 1.47. The first-order chi connectivity index (χ1) is 14.9.